The van der Waals surface area contributed by atoms with Crippen molar-refractivity contribution in [2.45, 2.75) is 6.42 Å². The molecule has 2 aromatic rings. The number of aromatic amines is 1. The topological polar surface area (TPSA) is 67.6 Å². The fourth-order valence-electron chi connectivity index (χ4n) is 1.13. The molecule has 2 aromatic heterocycles. The number of hydrogen-bond donors (Lipinski definition) is 2. The first-order valence-electron chi connectivity index (χ1n) is 3.89. The Morgan fingerprint density at radius 2 is 2.42 bits per heavy atom. The summed E-state index contributed by atoms with van der Waals surface area (Å²) in [5.41, 5.74) is 6.27. The van der Waals surface area contributed by atoms with Crippen molar-refractivity contribution in [3.63, 3.8) is 0 Å². The average molecular weight is 162 g/mol. The molecule has 2 heterocycles. The van der Waals surface area contributed by atoms with Gasteiger partial charge in [0, 0.05) is 24.2 Å². The predicted octanol–water partition coefficient (Wildman–Crippen LogP) is 0.459. The van der Waals surface area contributed by atoms with Gasteiger partial charge in [0.25, 0.3) is 0 Å². The number of nitrogens with one attached hydrogen (secondary N) is 1. The van der Waals surface area contributed by atoms with Crippen LogP contribution in [0, 0.1) is 0 Å². The number of aromatic nitrogens is 3. The zero-order chi connectivity index (χ0) is 8.39. The number of nitrogens with zero attached hydrogens (tertiary/aromatic N) is 2. The third-order valence-corrected chi connectivity index (χ3v) is 1.72. The van der Waals surface area contributed by atoms with Gasteiger partial charge in [-0.2, -0.15) is 0 Å². The van der Waals surface area contributed by atoms with Gasteiger partial charge < -0.3 is 10.7 Å². The summed E-state index contributed by atoms with van der Waals surface area (Å²) in [6.45, 7) is 0.589. The molecule has 0 spiro atoms. The smallest absolute Gasteiger partial charge is 0.140 e. The molecule has 0 radical (unpaired) electrons. The molecule has 0 aliphatic heterocycles. The van der Waals surface area contributed by atoms with E-state index < -0.39 is 0 Å². The lowest BCUT2D eigenvalue weighted by molar-refractivity contribution is 0.877. The number of H-pyrrole nitrogens is 1. The van der Waals surface area contributed by atoms with Crippen LogP contribution in [0.4, 0.5) is 0 Å². The minimum atomic E-state index is 0.589. The Labute approximate surface area is 69.8 Å². The van der Waals surface area contributed by atoms with Crippen LogP contribution in [0.3, 0.4) is 0 Å². The molecule has 0 aromatic carbocycles. The summed E-state index contributed by atoms with van der Waals surface area (Å²) in [5.74, 6) is 0.799. The molecular weight excluding hydrogens is 152 g/mol. The Morgan fingerprint density at radius 3 is 3.25 bits per heavy atom. The van der Waals surface area contributed by atoms with Gasteiger partial charge in [-0.15, -0.1) is 0 Å². The van der Waals surface area contributed by atoms with Gasteiger partial charge in [-0.05, 0) is 12.6 Å². The standard InChI is InChI=1S/C8H10N4/c9-3-1-7-11-5-6-2-4-10-8(6)12-7/h2,4-5H,1,3,9H2,(H,10,11,12). The first kappa shape index (κ1) is 7.24. The average Bonchev–Trinajstić information content (AvgIpc) is 2.51. The molecule has 62 valence electrons. The van der Waals surface area contributed by atoms with E-state index in [0.717, 1.165) is 23.3 Å². The molecule has 3 N–H and O–H groups in total. The maximum atomic E-state index is 5.39. The summed E-state index contributed by atoms with van der Waals surface area (Å²) >= 11 is 0. The fraction of sp³-hybridized carbons (Fsp3) is 0.250. The summed E-state index contributed by atoms with van der Waals surface area (Å²) in [6.07, 6.45) is 4.39. The van der Waals surface area contributed by atoms with Crippen LogP contribution in [0.5, 0.6) is 0 Å². The lowest BCUT2D eigenvalue weighted by atomic mass is 10.3. The Morgan fingerprint density at radius 1 is 1.50 bits per heavy atom. The van der Waals surface area contributed by atoms with E-state index in [9.17, 15) is 0 Å². The van der Waals surface area contributed by atoms with Crippen LogP contribution in [0.25, 0.3) is 11.0 Å². The number of fused-ring (bicyclic) bond motifs is 1. The van der Waals surface area contributed by atoms with E-state index in [2.05, 4.69) is 15.0 Å². The molecule has 4 nitrogen and oxygen atoms in total. The Kier molecular flexibility index (Phi) is 1.75. The highest BCUT2D eigenvalue weighted by Crippen LogP contribution is 2.07. The van der Waals surface area contributed by atoms with E-state index in [-0.39, 0.29) is 0 Å². The molecule has 0 amide bonds. The summed E-state index contributed by atoms with van der Waals surface area (Å²) in [5, 5.41) is 1.04. The van der Waals surface area contributed by atoms with Crippen molar-refractivity contribution in [1.82, 2.24) is 15.0 Å². The van der Waals surface area contributed by atoms with Crippen LogP contribution in [0.2, 0.25) is 0 Å². The lowest BCUT2D eigenvalue weighted by Gasteiger charge is -1.95. The molecule has 0 saturated heterocycles. The highest BCUT2D eigenvalue weighted by atomic mass is 14.9. The molecular formula is C8H10N4. The Balaban J connectivity index is 2.46. The van der Waals surface area contributed by atoms with Gasteiger partial charge >= 0.3 is 0 Å². The minimum Gasteiger partial charge on any atom is -0.346 e. The molecule has 0 bridgehead atoms. The zero-order valence-electron chi connectivity index (χ0n) is 6.62. The molecule has 0 fully saturated rings. The molecule has 0 unspecified atom stereocenters. The Bertz CT molecular complexity index is 379. The van der Waals surface area contributed by atoms with Crippen molar-refractivity contribution in [3.8, 4) is 0 Å². The van der Waals surface area contributed by atoms with E-state index in [1.165, 1.54) is 0 Å². The quantitative estimate of drug-likeness (QED) is 0.674. The lowest BCUT2D eigenvalue weighted by Crippen LogP contribution is -2.06. The van der Waals surface area contributed by atoms with E-state index >= 15 is 0 Å². The van der Waals surface area contributed by atoms with Crippen molar-refractivity contribution < 1.29 is 0 Å². The molecule has 0 saturated carbocycles. The predicted molar refractivity (Wildman–Crippen MR) is 46.6 cm³/mol. The van der Waals surface area contributed by atoms with E-state index in [0.29, 0.717) is 6.54 Å². The van der Waals surface area contributed by atoms with Crippen molar-refractivity contribution in [3.05, 3.63) is 24.3 Å². The first-order valence-corrected chi connectivity index (χ1v) is 3.89. The molecule has 2 rings (SSSR count). The SMILES string of the molecule is NCCc1ncc2cc[nH]c2n1. The summed E-state index contributed by atoms with van der Waals surface area (Å²) in [6, 6.07) is 1.95. The largest absolute Gasteiger partial charge is 0.346 e. The number of hydrogen-bond acceptors (Lipinski definition) is 3. The first-order chi connectivity index (χ1) is 5.90. The summed E-state index contributed by atoms with van der Waals surface area (Å²) < 4.78 is 0. The monoisotopic (exact) mass is 162 g/mol. The third kappa shape index (κ3) is 1.16. The van der Waals surface area contributed by atoms with Crippen LogP contribution < -0.4 is 5.73 Å². The second-order valence-corrected chi connectivity index (χ2v) is 2.61. The van der Waals surface area contributed by atoms with Crippen LogP contribution >= 0.6 is 0 Å². The molecule has 0 aliphatic rings. The number of rotatable bonds is 2. The summed E-state index contributed by atoms with van der Waals surface area (Å²) in [7, 11) is 0. The van der Waals surface area contributed by atoms with Crippen molar-refractivity contribution in [2.75, 3.05) is 6.54 Å². The van der Waals surface area contributed by atoms with Gasteiger partial charge in [0.1, 0.15) is 11.5 Å². The maximum absolute atomic E-state index is 5.39. The van der Waals surface area contributed by atoms with Crippen LogP contribution in [-0.4, -0.2) is 21.5 Å². The normalized spacial score (nSPS) is 10.8. The van der Waals surface area contributed by atoms with Crippen molar-refractivity contribution in [2.24, 2.45) is 5.73 Å². The van der Waals surface area contributed by atoms with Gasteiger partial charge in [-0.1, -0.05) is 0 Å². The molecule has 4 heteroatoms. The summed E-state index contributed by atoms with van der Waals surface area (Å²) in [4.78, 5) is 11.5. The highest BCUT2D eigenvalue weighted by molar-refractivity contribution is 5.73. The van der Waals surface area contributed by atoms with Gasteiger partial charge in [0.15, 0.2) is 0 Å². The van der Waals surface area contributed by atoms with Gasteiger partial charge in [-0.3, -0.25) is 0 Å². The maximum Gasteiger partial charge on any atom is 0.140 e. The van der Waals surface area contributed by atoms with Gasteiger partial charge in [0.05, 0.1) is 0 Å². The van der Waals surface area contributed by atoms with E-state index in [4.69, 9.17) is 5.73 Å². The third-order valence-electron chi connectivity index (χ3n) is 1.72. The van der Waals surface area contributed by atoms with Gasteiger partial charge in [-0.25, -0.2) is 9.97 Å². The highest BCUT2D eigenvalue weighted by Gasteiger charge is 1.98. The van der Waals surface area contributed by atoms with Crippen molar-refractivity contribution in [1.29, 1.82) is 0 Å². The second kappa shape index (κ2) is 2.91. The van der Waals surface area contributed by atoms with E-state index in [1.807, 2.05) is 18.5 Å². The van der Waals surface area contributed by atoms with E-state index in [1.54, 1.807) is 0 Å². The minimum absolute atomic E-state index is 0.589. The van der Waals surface area contributed by atoms with Crippen LogP contribution in [-0.2, 0) is 6.42 Å². The molecule has 12 heavy (non-hydrogen) atoms. The fourth-order valence-corrected chi connectivity index (χ4v) is 1.13. The molecule has 0 aliphatic carbocycles. The zero-order valence-corrected chi connectivity index (χ0v) is 6.62. The van der Waals surface area contributed by atoms with Crippen LogP contribution in [0.15, 0.2) is 18.5 Å². The Hall–Kier alpha value is -1.42. The number of nitrogens with two attached hydrogens (primary N) is 1. The van der Waals surface area contributed by atoms with Gasteiger partial charge in [0.2, 0.25) is 0 Å². The van der Waals surface area contributed by atoms with Crippen LogP contribution in [0.1, 0.15) is 5.82 Å². The molecule has 0 atom stereocenters. The van der Waals surface area contributed by atoms with Crippen molar-refractivity contribution >= 4 is 11.0 Å². The second-order valence-electron chi connectivity index (χ2n) is 2.61.